The fourth-order valence-corrected chi connectivity index (χ4v) is 2.48. The van der Waals surface area contributed by atoms with Crippen LogP contribution in [0.4, 0.5) is 5.69 Å². The number of aromatic nitrogens is 2. The van der Waals surface area contributed by atoms with Gasteiger partial charge in [-0.15, -0.1) is 0 Å². The third kappa shape index (κ3) is 4.05. The van der Waals surface area contributed by atoms with E-state index in [2.05, 4.69) is 10.4 Å². The molecule has 22 heavy (non-hydrogen) atoms. The molecule has 0 bridgehead atoms. The number of rotatable bonds is 5. The van der Waals surface area contributed by atoms with Gasteiger partial charge in [0.25, 0.3) is 5.91 Å². The van der Waals surface area contributed by atoms with Crippen LogP contribution in [0.5, 0.6) is 0 Å². The molecule has 1 N–H and O–H groups in total. The van der Waals surface area contributed by atoms with Crippen molar-refractivity contribution < 1.29 is 14.3 Å². The van der Waals surface area contributed by atoms with E-state index in [1.165, 1.54) is 6.08 Å². The van der Waals surface area contributed by atoms with Crippen LogP contribution in [0.1, 0.15) is 17.0 Å². The number of carbonyl (C=O) groups excluding carboxylic acids is 2. The van der Waals surface area contributed by atoms with Crippen LogP contribution in [0, 0.1) is 13.8 Å². The summed E-state index contributed by atoms with van der Waals surface area (Å²) in [5.41, 5.74) is 3.14. The normalized spacial score (nSPS) is 10.9. The Balaban J connectivity index is 1.84. The van der Waals surface area contributed by atoms with Crippen molar-refractivity contribution in [1.29, 1.82) is 0 Å². The molecule has 0 saturated heterocycles. The Labute approximate surface area is 132 Å². The molecule has 0 unspecified atom stereocenters. The van der Waals surface area contributed by atoms with Gasteiger partial charge in [-0.2, -0.15) is 16.4 Å². The molecule has 0 spiro atoms. The molecule has 0 aromatic carbocycles. The summed E-state index contributed by atoms with van der Waals surface area (Å²) in [6, 6.07) is 1.88. The number of nitrogens with one attached hydrogen (secondary N) is 1. The predicted molar refractivity (Wildman–Crippen MR) is 85.6 cm³/mol. The van der Waals surface area contributed by atoms with E-state index in [0.717, 1.165) is 17.0 Å². The molecule has 7 heteroatoms. The third-order valence-corrected chi connectivity index (χ3v) is 3.78. The molecule has 1 amide bonds. The SMILES string of the molecule is Cc1nn(C)c(C)c1NC(=O)COC(=O)/C=C/c1ccsc1. The molecule has 6 nitrogen and oxygen atoms in total. The zero-order valence-electron chi connectivity index (χ0n) is 12.6. The molecular formula is C15H17N3O3S. The predicted octanol–water partition coefficient (Wildman–Crippen LogP) is 2.29. The lowest BCUT2D eigenvalue weighted by molar-refractivity contribution is -0.142. The maximum absolute atomic E-state index is 11.8. The van der Waals surface area contributed by atoms with E-state index in [9.17, 15) is 9.59 Å². The van der Waals surface area contributed by atoms with Crippen LogP contribution in [0.3, 0.4) is 0 Å². The maximum atomic E-state index is 11.8. The Morgan fingerprint density at radius 3 is 2.82 bits per heavy atom. The van der Waals surface area contributed by atoms with Crippen molar-refractivity contribution in [2.24, 2.45) is 7.05 Å². The molecule has 2 aromatic heterocycles. The van der Waals surface area contributed by atoms with Gasteiger partial charge in [-0.3, -0.25) is 9.48 Å². The highest BCUT2D eigenvalue weighted by Gasteiger charge is 2.13. The molecule has 0 aliphatic rings. The number of carbonyl (C=O) groups is 2. The van der Waals surface area contributed by atoms with Crippen molar-refractivity contribution >= 4 is 35.0 Å². The monoisotopic (exact) mass is 319 g/mol. The Bertz CT molecular complexity index is 702. The van der Waals surface area contributed by atoms with Crippen molar-refractivity contribution in [2.75, 3.05) is 11.9 Å². The van der Waals surface area contributed by atoms with Crippen LogP contribution >= 0.6 is 11.3 Å². The first kappa shape index (κ1) is 16.0. The quantitative estimate of drug-likeness (QED) is 0.678. The summed E-state index contributed by atoms with van der Waals surface area (Å²) in [4.78, 5) is 23.3. The van der Waals surface area contributed by atoms with Gasteiger partial charge in [0, 0.05) is 13.1 Å². The molecule has 0 atom stereocenters. The van der Waals surface area contributed by atoms with E-state index >= 15 is 0 Å². The number of thiophene rings is 1. The van der Waals surface area contributed by atoms with E-state index in [1.807, 2.05) is 23.8 Å². The highest BCUT2D eigenvalue weighted by Crippen LogP contribution is 2.17. The van der Waals surface area contributed by atoms with E-state index in [1.54, 1.807) is 36.1 Å². The summed E-state index contributed by atoms with van der Waals surface area (Å²) >= 11 is 1.54. The number of amides is 1. The molecule has 0 radical (unpaired) electrons. The average molecular weight is 319 g/mol. The molecule has 0 aliphatic carbocycles. The minimum absolute atomic E-state index is 0.333. The number of hydrogen-bond donors (Lipinski definition) is 1. The fraction of sp³-hybridized carbons (Fsp3) is 0.267. The van der Waals surface area contributed by atoms with Crippen LogP contribution in [0.25, 0.3) is 6.08 Å². The van der Waals surface area contributed by atoms with Gasteiger partial charge in [-0.1, -0.05) is 0 Å². The number of esters is 1. The summed E-state index contributed by atoms with van der Waals surface area (Å²) in [5, 5.41) is 10.7. The fourth-order valence-electron chi connectivity index (χ4n) is 1.85. The summed E-state index contributed by atoms with van der Waals surface area (Å²) < 4.78 is 6.58. The summed E-state index contributed by atoms with van der Waals surface area (Å²) in [5.74, 6) is -0.947. The zero-order valence-corrected chi connectivity index (χ0v) is 13.4. The molecule has 2 aromatic rings. The van der Waals surface area contributed by atoms with E-state index < -0.39 is 11.9 Å². The van der Waals surface area contributed by atoms with Gasteiger partial charge in [0.15, 0.2) is 6.61 Å². The van der Waals surface area contributed by atoms with Gasteiger partial charge in [-0.05, 0) is 42.3 Å². The summed E-state index contributed by atoms with van der Waals surface area (Å²) in [6.45, 7) is 3.32. The van der Waals surface area contributed by atoms with Crippen LogP contribution in [0.2, 0.25) is 0 Å². The van der Waals surface area contributed by atoms with E-state index in [0.29, 0.717) is 5.69 Å². The molecule has 0 saturated carbocycles. The van der Waals surface area contributed by atoms with Crippen LogP contribution in [0.15, 0.2) is 22.9 Å². The van der Waals surface area contributed by atoms with Crippen molar-refractivity contribution in [1.82, 2.24) is 9.78 Å². The topological polar surface area (TPSA) is 73.2 Å². The zero-order chi connectivity index (χ0) is 16.1. The Morgan fingerprint density at radius 1 is 1.45 bits per heavy atom. The van der Waals surface area contributed by atoms with Crippen molar-refractivity contribution in [2.45, 2.75) is 13.8 Å². The second-order valence-electron chi connectivity index (χ2n) is 4.72. The number of aryl methyl sites for hydroxylation is 2. The van der Waals surface area contributed by atoms with Gasteiger partial charge in [0.1, 0.15) is 0 Å². The molecule has 0 fully saturated rings. The highest BCUT2D eigenvalue weighted by molar-refractivity contribution is 7.08. The van der Waals surface area contributed by atoms with Crippen molar-refractivity contribution in [3.05, 3.63) is 39.9 Å². The third-order valence-electron chi connectivity index (χ3n) is 3.07. The lowest BCUT2D eigenvalue weighted by Crippen LogP contribution is -2.20. The molecule has 116 valence electrons. The molecular weight excluding hydrogens is 302 g/mol. The van der Waals surface area contributed by atoms with Gasteiger partial charge in [0.05, 0.1) is 17.1 Å². The number of ether oxygens (including phenoxy) is 1. The van der Waals surface area contributed by atoms with Gasteiger partial charge in [0.2, 0.25) is 0 Å². The average Bonchev–Trinajstić information content (AvgIpc) is 3.07. The van der Waals surface area contributed by atoms with Crippen LogP contribution in [-0.2, 0) is 21.4 Å². The van der Waals surface area contributed by atoms with Crippen LogP contribution in [-0.4, -0.2) is 28.3 Å². The van der Waals surface area contributed by atoms with Gasteiger partial charge < -0.3 is 10.1 Å². The van der Waals surface area contributed by atoms with Gasteiger partial charge in [-0.25, -0.2) is 4.79 Å². The number of hydrogen-bond acceptors (Lipinski definition) is 5. The van der Waals surface area contributed by atoms with Crippen molar-refractivity contribution in [3.63, 3.8) is 0 Å². The standard InChI is InChI=1S/C15H17N3O3S/c1-10-15(11(2)18(3)17-10)16-13(19)8-21-14(20)5-4-12-6-7-22-9-12/h4-7,9H,8H2,1-3H3,(H,16,19)/b5-4+. The van der Waals surface area contributed by atoms with E-state index in [4.69, 9.17) is 4.74 Å². The molecule has 2 rings (SSSR count). The van der Waals surface area contributed by atoms with E-state index in [-0.39, 0.29) is 6.61 Å². The Morgan fingerprint density at radius 2 is 2.23 bits per heavy atom. The lowest BCUT2D eigenvalue weighted by atomic mass is 10.3. The van der Waals surface area contributed by atoms with Gasteiger partial charge >= 0.3 is 5.97 Å². The molecule has 2 heterocycles. The largest absolute Gasteiger partial charge is 0.452 e. The first-order valence-electron chi connectivity index (χ1n) is 6.64. The second kappa shape index (κ2) is 7.04. The number of anilines is 1. The van der Waals surface area contributed by atoms with Crippen molar-refractivity contribution in [3.8, 4) is 0 Å². The summed E-state index contributed by atoms with van der Waals surface area (Å²) in [7, 11) is 1.80. The molecule has 0 aliphatic heterocycles. The second-order valence-corrected chi connectivity index (χ2v) is 5.50. The lowest BCUT2D eigenvalue weighted by Gasteiger charge is -2.05. The summed E-state index contributed by atoms with van der Waals surface area (Å²) in [6.07, 6.45) is 2.95. The number of nitrogens with zero attached hydrogens (tertiary/aromatic N) is 2. The highest BCUT2D eigenvalue weighted by atomic mass is 32.1. The minimum Gasteiger partial charge on any atom is -0.452 e. The smallest absolute Gasteiger partial charge is 0.331 e. The maximum Gasteiger partial charge on any atom is 0.331 e. The first-order valence-corrected chi connectivity index (χ1v) is 7.58. The Hall–Kier alpha value is -2.41. The Kier molecular flexibility index (Phi) is 5.11. The minimum atomic E-state index is -0.555. The van der Waals surface area contributed by atoms with Crippen LogP contribution < -0.4 is 5.32 Å². The first-order chi connectivity index (χ1) is 10.5.